The van der Waals surface area contributed by atoms with Crippen molar-refractivity contribution in [3.8, 4) is 11.3 Å². The number of hydrogen-bond donors (Lipinski definition) is 2. The van der Waals surface area contributed by atoms with Gasteiger partial charge >= 0.3 is 12.1 Å². The summed E-state index contributed by atoms with van der Waals surface area (Å²) >= 11 is 0. The zero-order valence-electron chi connectivity index (χ0n) is 23.9. The molecule has 11 nitrogen and oxygen atoms in total. The van der Waals surface area contributed by atoms with E-state index in [1.54, 1.807) is 63.8 Å². The SMILES string of the molecule is CCOC(=O)c1c(-c2ccc(C(=O)Nc3cc(C)c(F)cn3)cc2)nc([C@@H]2CCCCN2C(=O)OC(C)(C)C)n1N. The molecular weight excluding hydrogens is 531 g/mol. The number of imidazole rings is 1. The number of benzene rings is 1. The number of carbonyl (C=O) groups excluding carboxylic acids is 3. The van der Waals surface area contributed by atoms with E-state index in [9.17, 15) is 18.8 Å². The van der Waals surface area contributed by atoms with Crippen molar-refractivity contribution in [2.75, 3.05) is 24.3 Å². The highest BCUT2D eigenvalue weighted by Crippen LogP contribution is 2.35. The minimum absolute atomic E-state index is 0.0275. The first-order valence-electron chi connectivity index (χ1n) is 13.5. The molecule has 12 heteroatoms. The summed E-state index contributed by atoms with van der Waals surface area (Å²) in [6.45, 7) is 9.24. The maximum atomic E-state index is 13.5. The standard InChI is InChI=1S/C29H35FN6O5/c1-6-40-27(38)24-23(18-10-12-19(13-11-18)26(37)33-22-15-17(2)20(30)16-32-22)34-25(36(24)31)21-9-7-8-14-35(21)28(39)41-29(3,4)5/h10-13,15-16,21H,6-9,14,31H2,1-5H3,(H,32,33,37)/t21-/m0/s1. The first-order chi connectivity index (χ1) is 19.4. The van der Waals surface area contributed by atoms with Crippen LogP contribution in [-0.2, 0) is 9.47 Å². The topological polar surface area (TPSA) is 142 Å². The number of halogens is 1. The lowest BCUT2D eigenvalue weighted by atomic mass is 10.0. The zero-order valence-corrected chi connectivity index (χ0v) is 23.9. The van der Waals surface area contributed by atoms with Crippen LogP contribution in [0.1, 0.15) is 85.2 Å². The number of nitrogens with one attached hydrogen (secondary N) is 1. The number of pyridine rings is 1. The molecule has 2 aromatic heterocycles. The number of aromatic nitrogens is 3. The normalized spacial score (nSPS) is 15.4. The van der Waals surface area contributed by atoms with Crippen LogP contribution in [0.5, 0.6) is 0 Å². The van der Waals surface area contributed by atoms with E-state index in [2.05, 4.69) is 10.3 Å². The number of carbonyl (C=O) groups is 3. The molecule has 3 aromatic rings. The average Bonchev–Trinajstić information content (AvgIpc) is 3.27. The molecule has 0 aliphatic carbocycles. The van der Waals surface area contributed by atoms with Gasteiger partial charge in [-0.05, 0) is 77.6 Å². The van der Waals surface area contributed by atoms with Crippen molar-refractivity contribution in [2.24, 2.45) is 0 Å². The summed E-state index contributed by atoms with van der Waals surface area (Å²) in [5.41, 5.74) is 0.793. The van der Waals surface area contributed by atoms with E-state index in [1.807, 2.05) is 0 Å². The zero-order chi connectivity index (χ0) is 29.9. The third-order valence-electron chi connectivity index (χ3n) is 6.55. The number of nitrogens with zero attached hydrogens (tertiary/aromatic N) is 4. The van der Waals surface area contributed by atoms with E-state index >= 15 is 0 Å². The molecular formula is C29H35FN6O5. The number of nitrogen functional groups attached to an aromatic ring is 1. The molecule has 1 fully saturated rings. The minimum atomic E-state index is -0.682. The Kier molecular flexibility index (Phi) is 8.60. The second kappa shape index (κ2) is 11.9. The van der Waals surface area contributed by atoms with Gasteiger partial charge in [-0.25, -0.2) is 28.6 Å². The maximum absolute atomic E-state index is 13.5. The molecule has 41 heavy (non-hydrogen) atoms. The monoisotopic (exact) mass is 566 g/mol. The highest BCUT2D eigenvalue weighted by atomic mass is 19.1. The Hall–Kier alpha value is -4.48. The number of rotatable bonds is 6. The highest BCUT2D eigenvalue weighted by Gasteiger charge is 2.36. The van der Waals surface area contributed by atoms with Crippen LogP contribution in [0.25, 0.3) is 11.3 Å². The fourth-order valence-electron chi connectivity index (χ4n) is 4.60. The average molecular weight is 567 g/mol. The van der Waals surface area contributed by atoms with Gasteiger partial charge < -0.3 is 20.6 Å². The predicted molar refractivity (Wildman–Crippen MR) is 150 cm³/mol. The van der Waals surface area contributed by atoms with Crippen molar-refractivity contribution >= 4 is 23.8 Å². The number of likely N-dealkylation sites (tertiary alicyclic amines) is 1. The van der Waals surface area contributed by atoms with Crippen molar-refractivity contribution < 1.29 is 28.2 Å². The Morgan fingerprint density at radius 3 is 2.51 bits per heavy atom. The second-order valence-electron chi connectivity index (χ2n) is 10.8. The smallest absolute Gasteiger partial charge is 0.410 e. The Labute approximate surface area is 237 Å². The molecule has 1 saturated heterocycles. The Bertz CT molecular complexity index is 1450. The lowest BCUT2D eigenvalue weighted by Gasteiger charge is -2.36. The van der Waals surface area contributed by atoms with Gasteiger partial charge in [0.1, 0.15) is 22.9 Å². The van der Waals surface area contributed by atoms with Gasteiger partial charge in [-0.2, -0.15) is 0 Å². The summed E-state index contributed by atoms with van der Waals surface area (Å²) in [5, 5.41) is 2.64. The number of nitrogens with two attached hydrogens (primary N) is 1. The van der Waals surface area contributed by atoms with Gasteiger partial charge in [-0.15, -0.1) is 0 Å². The van der Waals surface area contributed by atoms with E-state index in [-0.39, 0.29) is 23.8 Å². The summed E-state index contributed by atoms with van der Waals surface area (Å²) in [6, 6.07) is 7.34. The van der Waals surface area contributed by atoms with Crippen LogP contribution < -0.4 is 11.2 Å². The van der Waals surface area contributed by atoms with Crippen molar-refractivity contribution in [2.45, 2.75) is 65.5 Å². The van der Waals surface area contributed by atoms with Crippen molar-refractivity contribution in [1.29, 1.82) is 0 Å². The largest absolute Gasteiger partial charge is 0.461 e. The number of anilines is 1. The molecule has 1 aromatic carbocycles. The molecule has 1 atom stereocenters. The number of esters is 1. The second-order valence-corrected chi connectivity index (χ2v) is 10.8. The molecule has 1 aliphatic rings. The number of ether oxygens (including phenoxy) is 2. The van der Waals surface area contributed by atoms with Gasteiger partial charge in [0.05, 0.1) is 18.8 Å². The first-order valence-corrected chi connectivity index (χ1v) is 13.5. The Morgan fingerprint density at radius 2 is 1.88 bits per heavy atom. The molecule has 1 aliphatic heterocycles. The Morgan fingerprint density at radius 1 is 1.17 bits per heavy atom. The van der Waals surface area contributed by atoms with Crippen LogP contribution in [0.15, 0.2) is 36.5 Å². The lowest BCUT2D eigenvalue weighted by molar-refractivity contribution is 0.00820. The molecule has 3 N–H and O–H groups in total. The van der Waals surface area contributed by atoms with Crippen LogP contribution in [-0.4, -0.2) is 56.3 Å². The van der Waals surface area contributed by atoms with E-state index in [0.717, 1.165) is 19.0 Å². The van der Waals surface area contributed by atoms with Gasteiger partial charge in [0.25, 0.3) is 5.91 Å². The molecule has 3 heterocycles. The van der Waals surface area contributed by atoms with E-state index in [0.29, 0.717) is 35.5 Å². The maximum Gasteiger partial charge on any atom is 0.410 e. The first kappa shape index (κ1) is 29.5. The molecule has 0 spiro atoms. The van der Waals surface area contributed by atoms with E-state index < -0.39 is 35.4 Å². The summed E-state index contributed by atoms with van der Waals surface area (Å²) in [5.74, 6) is 5.43. The number of amides is 2. The summed E-state index contributed by atoms with van der Waals surface area (Å²) in [7, 11) is 0. The highest BCUT2D eigenvalue weighted by molar-refractivity contribution is 6.04. The molecule has 0 bridgehead atoms. The fourth-order valence-corrected chi connectivity index (χ4v) is 4.60. The molecule has 0 saturated carbocycles. The third-order valence-corrected chi connectivity index (χ3v) is 6.55. The van der Waals surface area contributed by atoms with E-state index in [4.69, 9.17) is 20.3 Å². The van der Waals surface area contributed by atoms with Gasteiger partial charge in [0.15, 0.2) is 11.5 Å². The van der Waals surface area contributed by atoms with Crippen LogP contribution in [0.3, 0.4) is 0 Å². The summed E-state index contributed by atoms with van der Waals surface area (Å²) in [4.78, 5) is 49.1. The quantitative estimate of drug-likeness (QED) is 0.314. The number of hydrogen-bond acceptors (Lipinski definition) is 8. The van der Waals surface area contributed by atoms with Gasteiger partial charge in [-0.1, -0.05) is 12.1 Å². The van der Waals surface area contributed by atoms with Crippen LogP contribution in [0.4, 0.5) is 15.0 Å². The van der Waals surface area contributed by atoms with Crippen LogP contribution >= 0.6 is 0 Å². The summed E-state index contributed by atoms with van der Waals surface area (Å²) < 4.78 is 25.6. The fraction of sp³-hybridized carbons (Fsp3) is 0.414. The van der Waals surface area contributed by atoms with Crippen molar-refractivity contribution in [3.05, 3.63) is 65.0 Å². The van der Waals surface area contributed by atoms with Crippen LogP contribution in [0.2, 0.25) is 0 Å². The van der Waals surface area contributed by atoms with Crippen LogP contribution in [0, 0.1) is 12.7 Å². The minimum Gasteiger partial charge on any atom is -0.461 e. The van der Waals surface area contributed by atoms with Crippen molar-refractivity contribution in [3.63, 3.8) is 0 Å². The predicted octanol–water partition coefficient (Wildman–Crippen LogP) is 5.00. The lowest BCUT2D eigenvalue weighted by Crippen LogP contribution is -2.43. The molecule has 0 unspecified atom stereocenters. The Balaban J connectivity index is 1.67. The molecule has 0 radical (unpaired) electrons. The van der Waals surface area contributed by atoms with Gasteiger partial charge in [-0.3, -0.25) is 9.69 Å². The number of piperidine rings is 1. The van der Waals surface area contributed by atoms with Gasteiger partial charge in [0.2, 0.25) is 0 Å². The van der Waals surface area contributed by atoms with Crippen molar-refractivity contribution in [1.82, 2.24) is 19.5 Å². The molecule has 4 rings (SSSR count). The summed E-state index contributed by atoms with van der Waals surface area (Å²) in [6.07, 6.45) is 2.79. The van der Waals surface area contributed by atoms with E-state index in [1.165, 1.54) is 10.7 Å². The number of aryl methyl sites for hydroxylation is 1. The third kappa shape index (κ3) is 6.64. The van der Waals surface area contributed by atoms with Gasteiger partial charge in [0, 0.05) is 17.7 Å². The molecule has 218 valence electrons. The molecule has 2 amide bonds.